The Kier molecular flexibility index (Phi) is 3.76. The molecule has 16 heavy (non-hydrogen) atoms. The van der Waals surface area contributed by atoms with Crippen molar-refractivity contribution in [3.8, 4) is 0 Å². The molecule has 0 bridgehead atoms. The number of hydrogen-bond donors (Lipinski definition) is 1. The summed E-state index contributed by atoms with van der Waals surface area (Å²) in [6.45, 7) is 5.58. The van der Waals surface area contributed by atoms with Gasteiger partial charge in [-0.25, -0.2) is 0 Å². The first-order chi connectivity index (χ1) is 7.70. The summed E-state index contributed by atoms with van der Waals surface area (Å²) in [5, 5.41) is 13.4. The molecule has 1 fully saturated rings. The van der Waals surface area contributed by atoms with Crippen LogP contribution >= 0.6 is 11.3 Å². The fraction of sp³-hybridized carbons (Fsp3) is 0.818. The van der Waals surface area contributed by atoms with Crippen LogP contribution in [0.4, 0.5) is 5.13 Å². The molecule has 1 aromatic heterocycles. The minimum atomic E-state index is 0.672. The lowest BCUT2D eigenvalue weighted by Gasteiger charge is -2.38. The Hall–Kier alpha value is -0.680. The van der Waals surface area contributed by atoms with E-state index in [1.165, 1.54) is 19.3 Å². The molecule has 1 aromatic rings. The van der Waals surface area contributed by atoms with Gasteiger partial charge in [0.05, 0.1) is 6.54 Å². The predicted octanol–water partition coefficient (Wildman–Crippen LogP) is 2.34. The van der Waals surface area contributed by atoms with Crippen LogP contribution in [-0.2, 0) is 6.54 Å². The van der Waals surface area contributed by atoms with Crippen LogP contribution < -0.4 is 5.32 Å². The highest BCUT2D eigenvalue weighted by molar-refractivity contribution is 7.15. The van der Waals surface area contributed by atoms with Gasteiger partial charge in [-0.05, 0) is 26.7 Å². The van der Waals surface area contributed by atoms with E-state index in [-0.39, 0.29) is 0 Å². The summed E-state index contributed by atoms with van der Waals surface area (Å²) in [5.74, 6) is 0. The zero-order valence-electron chi connectivity index (χ0n) is 10.2. The molecule has 1 N–H and O–H groups in total. The summed E-state index contributed by atoms with van der Waals surface area (Å²) >= 11 is 1.66. The van der Waals surface area contributed by atoms with Gasteiger partial charge in [-0.2, -0.15) is 0 Å². The normalized spacial score (nSPS) is 26.9. The van der Waals surface area contributed by atoms with Gasteiger partial charge in [0.25, 0.3) is 0 Å². The van der Waals surface area contributed by atoms with Crippen LogP contribution in [-0.4, -0.2) is 34.2 Å². The third-order valence-electron chi connectivity index (χ3n) is 3.37. The minimum absolute atomic E-state index is 0.672. The van der Waals surface area contributed by atoms with Gasteiger partial charge in [-0.15, -0.1) is 10.2 Å². The van der Waals surface area contributed by atoms with E-state index in [4.69, 9.17) is 0 Å². The molecule has 2 rings (SSSR count). The highest BCUT2D eigenvalue weighted by atomic mass is 32.1. The van der Waals surface area contributed by atoms with Crippen molar-refractivity contribution in [1.82, 2.24) is 15.1 Å². The standard InChI is InChI=1S/C11H20N4S/c1-8-5-4-6-9(2)15(8)7-10-13-14-11(12-3)16-10/h8-9H,4-7H2,1-3H3,(H,12,14). The molecule has 90 valence electrons. The average Bonchev–Trinajstić information content (AvgIpc) is 2.71. The van der Waals surface area contributed by atoms with E-state index >= 15 is 0 Å². The smallest absolute Gasteiger partial charge is 0.205 e. The molecule has 1 aliphatic heterocycles. The van der Waals surface area contributed by atoms with Crippen molar-refractivity contribution in [1.29, 1.82) is 0 Å². The molecule has 0 radical (unpaired) electrons. The molecular weight excluding hydrogens is 220 g/mol. The lowest BCUT2D eigenvalue weighted by molar-refractivity contribution is 0.0949. The van der Waals surface area contributed by atoms with Crippen LogP contribution in [0.5, 0.6) is 0 Å². The van der Waals surface area contributed by atoms with Crippen LogP contribution in [0.1, 0.15) is 38.1 Å². The maximum Gasteiger partial charge on any atom is 0.205 e. The molecule has 2 unspecified atom stereocenters. The van der Waals surface area contributed by atoms with Gasteiger partial charge in [0.2, 0.25) is 5.13 Å². The molecule has 1 saturated heterocycles. The molecule has 0 aromatic carbocycles. The topological polar surface area (TPSA) is 41.1 Å². The summed E-state index contributed by atoms with van der Waals surface area (Å²) in [4.78, 5) is 2.55. The van der Waals surface area contributed by atoms with Crippen LogP contribution in [0.25, 0.3) is 0 Å². The molecule has 0 spiro atoms. The van der Waals surface area contributed by atoms with Gasteiger partial charge >= 0.3 is 0 Å². The first-order valence-electron chi connectivity index (χ1n) is 5.96. The Labute approximate surface area is 101 Å². The van der Waals surface area contributed by atoms with Crippen molar-refractivity contribution in [3.63, 3.8) is 0 Å². The first kappa shape index (κ1) is 11.8. The van der Waals surface area contributed by atoms with Gasteiger partial charge in [0.1, 0.15) is 5.01 Å². The lowest BCUT2D eigenvalue weighted by atomic mass is 9.98. The van der Waals surface area contributed by atoms with Crippen molar-refractivity contribution in [2.24, 2.45) is 0 Å². The average molecular weight is 240 g/mol. The number of aromatic nitrogens is 2. The zero-order valence-corrected chi connectivity index (χ0v) is 11.0. The number of nitrogens with zero attached hydrogens (tertiary/aromatic N) is 3. The zero-order chi connectivity index (χ0) is 11.5. The number of anilines is 1. The number of nitrogens with one attached hydrogen (secondary N) is 1. The van der Waals surface area contributed by atoms with Crippen LogP contribution in [0.15, 0.2) is 0 Å². The molecule has 0 saturated carbocycles. The Morgan fingerprint density at radius 2 is 2.00 bits per heavy atom. The third kappa shape index (κ3) is 2.52. The van der Waals surface area contributed by atoms with E-state index in [9.17, 15) is 0 Å². The number of piperidine rings is 1. The lowest BCUT2D eigenvalue weighted by Crippen LogP contribution is -2.42. The summed E-state index contributed by atoms with van der Waals surface area (Å²) < 4.78 is 0. The van der Waals surface area contributed by atoms with E-state index in [1.807, 2.05) is 7.05 Å². The Bertz CT molecular complexity index is 328. The van der Waals surface area contributed by atoms with E-state index in [0.29, 0.717) is 12.1 Å². The third-order valence-corrected chi connectivity index (χ3v) is 4.30. The SMILES string of the molecule is CNc1nnc(CN2C(C)CCCC2C)s1. The highest BCUT2D eigenvalue weighted by Gasteiger charge is 2.25. The van der Waals surface area contributed by atoms with Crippen LogP contribution in [0.3, 0.4) is 0 Å². The molecule has 2 atom stereocenters. The van der Waals surface area contributed by atoms with Crippen LogP contribution in [0, 0.1) is 0 Å². The summed E-state index contributed by atoms with van der Waals surface area (Å²) in [6, 6.07) is 1.34. The second-order valence-electron chi connectivity index (χ2n) is 4.55. The number of hydrogen-bond acceptors (Lipinski definition) is 5. The number of rotatable bonds is 3. The van der Waals surface area contributed by atoms with E-state index in [1.54, 1.807) is 11.3 Å². The van der Waals surface area contributed by atoms with Gasteiger partial charge in [-0.1, -0.05) is 17.8 Å². The van der Waals surface area contributed by atoms with E-state index in [0.717, 1.165) is 16.7 Å². The van der Waals surface area contributed by atoms with Crippen molar-refractivity contribution in [3.05, 3.63) is 5.01 Å². The van der Waals surface area contributed by atoms with E-state index in [2.05, 4.69) is 34.3 Å². The summed E-state index contributed by atoms with van der Waals surface area (Å²) in [6.07, 6.45) is 3.97. The van der Waals surface area contributed by atoms with Gasteiger partial charge < -0.3 is 5.32 Å². The van der Waals surface area contributed by atoms with Gasteiger partial charge in [0, 0.05) is 19.1 Å². The summed E-state index contributed by atoms with van der Waals surface area (Å²) in [7, 11) is 1.89. The van der Waals surface area contributed by atoms with E-state index < -0.39 is 0 Å². The minimum Gasteiger partial charge on any atom is -0.363 e. The molecule has 1 aliphatic rings. The molecule has 0 aliphatic carbocycles. The van der Waals surface area contributed by atoms with Crippen molar-refractivity contribution in [2.75, 3.05) is 12.4 Å². The monoisotopic (exact) mass is 240 g/mol. The fourth-order valence-corrected chi connectivity index (χ4v) is 3.06. The van der Waals surface area contributed by atoms with Gasteiger partial charge in [-0.3, -0.25) is 4.90 Å². The van der Waals surface area contributed by atoms with Gasteiger partial charge in [0.15, 0.2) is 0 Å². The predicted molar refractivity (Wildman–Crippen MR) is 67.8 cm³/mol. The molecule has 2 heterocycles. The van der Waals surface area contributed by atoms with Crippen molar-refractivity contribution >= 4 is 16.5 Å². The molecule has 5 heteroatoms. The molecular formula is C11H20N4S. The number of likely N-dealkylation sites (tertiary alicyclic amines) is 1. The fourth-order valence-electron chi connectivity index (χ4n) is 2.36. The Morgan fingerprint density at radius 1 is 1.31 bits per heavy atom. The second-order valence-corrected chi connectivity index (χ2v) is 5.61. The Balaban J connectivity index is 2.01. The first-order valence-corrected chi connectivity index (χ1v) is 6.78. The van der Waals surface area contributed by atoms with Crippen LogP contribution in [0.2, 0.25) is 0 Å². The Morgan fingerprint density at radius 3 is 2.56 bits per heavy atom. The maximum atomic E-state index is 4.21. The summed E-state index contributed by atoms with van der Waals surface area (Å²) in [5.41, 5.74) is 0. The molecule has 4 nitrogen and oxygen atoms in total. The second kappa shape index (κ2) is 5.10. The maximum absolute atomic E-state index is 4.21. The largest absolute Gasteiger partial charge is 0.363 e. The van der Waals surface area contributed by atoms with Crippen molar-refractivity contribution in [2.45, 2.75) is 51.7 Å². The highest BCUT2D eigenvalue weighted by Crippen LogP contribution is 2.26. The molecule has 0 amide bonds. The quantitative estimate of drug-likeness (QED) is 0.880. The van der Waals surface area contributed by atoms with Crippen molar-refractivity contribution < 1.29 is 0 Å².